The van der Waals surface area contributed by atoms with Gasteiger partial charge in [0.1, 0.15) is 11.5 Å². The molecule has 1 N–H and O–H groups in total. The van der Waals surface area contributed by atoms with E-state index in [0.29, 0.717) is 16.9 Å². The Morgan fingerprint density at radius 3 is 2.48 bits per heavy atom. The van der Waals surface area contributed by atoms with Gasteiger partial charge in [0.15, 0.2) is 5.65 Å². The van der Waals surface area contributed by atoms with Gasteiger partial charge in [0.2, 0.25) is 0 Å². The Kier molecular flexibility index (Phi) is 6.33. The molecule has 0 spiro atoms. The second-order valence-electron chi connectivity index (χ2n) is 9.01. The van der Waals surface area contributed by atoms with Crippen LogP contribution in [0, 0.1) is 13.8 Å². The van der Waals surface area contributed by atoms with Crippen LogP contribution in [0.25, 0.3) is 22.3 Å². The van der Waals surface area contributed by atoms with E-state index in [1.54, 1.807) is 6.20 Å². The Morgan fingerprint density at radius 1 is 1.15 bits per heavy atom. The molecule has 33 heavy (non-hydrogen) atoms. The SMILES string of the molecule is Cc1cc(-c2cc(C(=O)Nc3ccc(CCN(C)C)cc3)c3cnn(C(C)C)c3n2)c(C)o1. The number of nitrogens with one attached hydrogen (secondary N) is 1. The van der Waals surface area contributed by atoms with Crippen molar-refractivity contribution in [3.05, 3.63) is 65.2 Å². The van der Waals surface area contributed by atoms with Gasteiger partial charge in [-0.05, 0) is 78.0 Å². The minimum atomic E-state index is -0.189. The molecule has 7 nitrogen and oxygen atoms in total. The standard InChI is InChI=1S/C26H31N5O2/c1-16(2)31-25-23(15-27-31)22(14-24(29-25)21-13-17(3)33-18(21)4)26(32)28-20-9-7-19(8-10-20)11-12-30(5)6/h7-10,13-16H,11-12H2,1-6H3,(H,28,32). The van der Waals surface area contributed by atoms with E-state index < -0.39 is 0 Å². The lowest BCUT2D eigenvalue weighted by Crippen LogP contribution is -2.15. The van der Waals surface area contributed by atoms with Gasteiger partial charge in [-0.3, -0.25) is 4.79 Å². The molecule has 1 amide bonds. The smallest absolute Gasteiger partial charge is 0.256 e. The zero-order valence-electron chi connectivity index (χ0n) is 20.1. The fourth-order valence-electron chi connectivity index (χ4n) is 3.91. The monoisotopic (exact) mass is 445 g/mol. The number of pyridine rings is 1. The third kappa shape index (κ3) is 4.83. The summed E-state index contributed by atoms with van der Waals surface area (Å²) in [5.41, 5.74) is 4.79. The number of carbonyl (C=O) groups is 1. The highest BCUT2D eigenvalue weighted by Crippen LogP contribution is 2.30. The lowest BCUT2D eigenvalue weighted by atomic mass is 10.1. The summed E-state index contributed by atoms with van der Waals surface area (Å²) in [5, 5.41) is 8.27. The van der Waals surface area contributed by atoms with E-state index >= 15 is 0 Å². The molecule has 0 atom stereocenters. The van der Waals surface area contributed by atoms with E-state index in [-0.39, 0.29) is 11.9 Å². The molecule has 0 aliphatic heterocycles. The molecule has 0 unspecified atom stereocenters. The van der Waals surface area contributed by atoms with Crippen molar-refractivity contribution in [1.82, 2.24) is 19.7 Å². The summed E-state index contributed by atoms with van der Waals surface area (Å²) in [4.78, 5) is 20.4. The number of carbonyl (C=O) groups excluding carboxylic acids is 1. The summed E-state index contributed by atoms with van der Waals surface area (Å²) in [5.74, 6) is 1.39. The van der Waals surface area contributed by atoms with Crippen molar-refractivity contribution < 1.29 is 9.21 Å². The van der Waals surface area contributed by atoms with Crippen LogP contribution >= 0.6 is 0 Å². The fraction of sp³-hybridized carbons (Fsp3) is 0.346. The average Bonchev–Trinajstić information content (AvgIpc) is 3.34. The zero-order chi connectivity index (χ0) is 23.7. The van der Waals surface area contributed by atoms with Crippen LogP contribution in [0.4, 0.5) is 5.69 Å². The Morgan fingerprint density at radius 2 is 1.88 bits per heavy atom. The van der Waals surface area contributed by atoms with Crippen molar-refractivity contribution in [1.29, 1.82) is 0 Å². The van der Waals surface area contributed by atoms with E-state index in [4.69, 9.17) is 9.40 Å². The molecule has 3 heterocycles. The summed E-state index contributed by atoms with van der Waals surface area (Å²) in [6.07, 6.45) is 2.69. The molecule has 1 aromatic carbocycles. The third-order valence-corrected chi connectivity index (χ3v) is 5.68. The van der Waals surface area contributed by atoms with Gasteiger partial charge in [-0.1, -0.05) is 12.1 Å². The van der Waals surface area contributed by atoms with Crippen molar-refractivity contribution >= 4 is 22.6 Å². The van der Waals surface area contributed by atoms with Gasteiger partial charge in [0, 0.05) is 23.8 Å². The van der Waals surface area contributed by atoms with E-state index in [0.717, 1.165) is 41.1 Å². The van der Waals surface area contributed by atoms with Gasteiger partial charge in [-0.25, -0.2) is 9.67 Å². The first-order valence-corrected chi connectivity index (χ1v) is 11.2. The number of aryl methyl sites for hydroxylation is 2. The maximum Gasteiger partial charge on any atom is 0.256 e. The van der Waals surface area contributed by atoms with Crippen molar-refractivity contribution in [2.24, 2.45) is 0 Å². The molecule has 0 saturated carbocycles. The number of aromatic nitrogens is 3. The number of likely N-dealkylation sites (N-methyl/N-ethyl adjacent to an activating group) is 1. The van der Waals surface area contributed by atoms with Crippen molar-refractivity contribution in [3.8, 4) is 11.3 Å². The predicted molar refractivity (Wildman–Crippen MR) is 132 cm³/mol. The second kappa shape index (κ2) is 9.19. The van der Waals surface area contributed by atoms with Crippen LogP contribution in [0.5, 0.6) is 0 Å². The van der Waals surface area contributed by atoms with Crippen molar-refractivity contribution in [3.63, 3.8) is 0 Å². The molecule has 0 aliphatic rings. The average molecular weight is 446 g/mol. The van der Waals surface area contributed by atoms with E-state index in [9.17, 15) is 4.79 Å². The summed E-state index contributed by atoms with van der Waals surface area (Å²) >= 11 is 0. The van der Waals surface area contributed by atoms with E-state index in [1.165, 1.54) is 5.56 Å². The first kappa shape index (κ1) is 22.7. The highest BCUT2D eigenvalue weighted by molar-refractivity contribution is 6.12. The summed E-state index contributed by atoms with van der Waals surface area (Å²) in [6.45, 7) is 8.89. The maximum atomic E-state index is 13.4. The maximum absolute atomic E-state index is 13.4. The highest BCUT2D eigenvalue weighted by atomic mass is 16.3. The van der Waals surface area contributed by atoms with Crippen LogP contribution in [0.2, 0.25) is 0 Å². The lowest BCUT2D eigenvalue weighted by Gasteiger charge is -2.12. The molecular formula is C26H31N5O2. The van der Waals surface area contributed by atoms with Gasteiger partial charge in [0.25, 0.3) is 5.91 Å². The van der Waals surface area contributed by atoms with Crippen LogP contribution in [-0.4, -0.2) is 46.2 Å². The molecule has 0 saturated heterocycles. The number of benzene rings is 1. The number of nitrogens with zero attached hydrogens (tertiary/aromatic N) is 4. The van der Waals surface area contributed by atoms with Crippen molar-refractivity contribution in [2.75, 3.05) is 26.0 Å². The topological polar surface area (TPSA) is 76.2 Å². The van der Waals surface area contributed by atoms with Crippen LogP contribution in [0.1, 0.15) is 47.3 Å². The largest absolute Gasteiger partial charge is 0.466 e. The fourth-order valence-corrected chi connectivity index (χ4v) is 3.91. The molecule has 4 aromatic rings. The minimum absolute atomic E-state index is 0.114. The summed E-state index contributed by atoms with van der Waals surface area (Å²) in [6, 6.07) is 11.9. The second-order valence-corrected chi connectivity index (χ2v) is 9.01. The van der Waals surface area contributed by atoms with Crippen molar-refractivity contribution in [2.45, 2.75) is 40.2 Å². The number of hydrogen-bond acceptors (Lipinski definition) is 5. The predicted octanol–water partition coefficient (Wildman–Crippen LogP) is 5.25. The molecule has 172 valence electrons. The van der Waals surface area contributed by atoms with Crippen LogP contribution in [0.15, 0.2) is 47.0 Å². The van der Waals surface area contributed by atoms with Gasteiger partial charge in [0.05, 0.1) is 22.8 Å². The van der Waals surface area contributed by atoms with Gasteiger partial charge in [-0.2, -0.15) is 5.10 Å². The number of furan rings is 1. The van der Waals surface area contributed by atoms with Crippen LogP contribution in [0.3, 0.4) is 0 Å². The Bertz CT molecular complexity index is 1280. The molecule has 7 heteroatoms. The number of anilines is 1. The number of amides is 1. The van der Waals surface area contributed by atoms with Gasteiger partial charge >= 0.3 is 0 Å². The van der Waals surface area contributed by atoms with Crippen LogP contribution in [-0.2, 0) is 6.42 Å². The molecule has 0 fully saturated rings. The molecule has 0 aliphatic carbocycles. The molecule has 3 aromatic heterocycles. The Balaban J connectivity index is 1.70. The third-order valence-electron chi connectivity index (χ3n) is 5.68. The summed E-state index contributed by atoms with van der Waals surface area (Å²) in [7, 11) is 4.12. The van der Waals surface area contributed by atoms with Crippen LogP contribution < -0.4 is 5.32 Å². The molecule has 0 bridgehead atoms. The first-order valence-electron chi connectivity index (χ1n) is 11.2. The molecule has 4 rings (SSSR count). The number of rotatable bonds is 7. The highest BCUT2D eigenvalue weighted by Gasteiger charge is 2.20. The molecular weight excluding hydrogens is 414 g/mol. The zero-order valence-corrected chi connectivity index (χ0v) is 20.1. The first-order chi connectivity index (χ1) is 15.7. The summed E-state index contributed by atoms with van der Waals surface area (Å²) < 4.78 is 7.56. The number of fused-ring (bicyclic) bond motifs is 1. The Hall–Kier alpha value is -3.45. The quantitative estimate of drug-likeness (QED) is 0.421. The van der Waals surface area contributed by atoms with Gasteiger partial charge < -0.3 is 14.6 Å². The normalized spacial score (nSPS) is 11.6. The molecule has 0 radical (unpaired) electrons. The van der Waals surface area contributed by atoms with E-state index in [1.807, 2.05) is 56.6 Å². The van der Waals surface area contributed by atoms with E-state index in [2.05, 4.69) is 41.5 Å². The number of hydrogen-bond donors (Lipinski definition) is 1. The minimum Gasteiger partial charge on any atom is -0.466 e. The van der Waals surface area contributed by atoms with Gasteiger partial charge in [-0.15, -0.1) is 0 Å². The Labute approximate surface area is 194 Å². The lowest BCUT2D eigenvalue weighted by molar-refractivity contribution is 0.102.